The molecule has 2 amide bonds. The largest absolute Gasteiger partial charge is 0.444 e. The zero-order valence-electron chi connectivity index (χ0n) is 64.4. The molecule has 6 aliphatic rings. The first-order valence-corrected chi connectivity index (χ1v) is 39.0. The molecule has 2 atom stereocenters. The molecule has 0 bridgehead atoms. The lowest BCUT2D eigenvalue weighted by Gasteiger charge is -2.40. The molecule has 15 rings (SSSR count). The molecule has 13 heterocycles. The number of aromatic nitrogens is 12. The van der Waals surface area contributed by atoms with Gasteiger partial charge in [-0.25, -0.2) is 58.6 Å². The summed E-state index contributed by atoms with van der Waals surface area (Å²) in [6.07, 6.45) is 19.4. The van der Waals surface area contributed by atoms with Crippen molar-refractivity contribution in [2.45, 2.75) is 196 Å². The summed E-state index contributed by atoms with van der Waals surface area (Å²) in [6, 6.07) is 15.3. The number of anilines is 3. The Balaban J connectivity index is 0.000000149. The standard InChI is InChI=1S/C35H47N7O6.C22H33IN6O3.C21H24N6O/c1-33(2,3)47-31(43)37-22-35(7)14-17-40(18-15-35)26-21-36-28-29(38-26)42(27-10-8-9-19-45-27)39-30(28)46-24-11-12-25-23(20-24)13-16-41(25)32(44)48-34(4,5)6;1-21(2,3)32-20(30)25-14-22(4)8-10-28(11-9-22)15-13-24-17-18(23)27-29(19(17)26-15)16-7-5-6-12-31-16;1-21(13-22)5-8-27(9-6-21)18-12-24-19-17(26-18)11-25-20(19)28-15-2-3-16-14(10-15)4-7-23-16/h11-13,16,20-21,27H,8-10,14-15,17-19,22H2,1-7H3,(H,37,43);13,16H,5-12,14H2,1-4H3,(H,25,30);2-4,7,10,12,23H,5-6,8-9,11,13,22H2,1H3. The van der Waals surface area contributed by atoms with Crippen molar-refractivity contribution in [1.82, 2.24) is 69.6 Å². The SMILES string of the molecule is CC1(CN)CCN(c2cnc3c(n2)CN=C3Oc2ccc3[nH]ccc3c2)CC1.CC1(CNC(=O)OC(C)(C)C)CCN(c2cnc3c(I)nn(C4CCCCO4)c3n2)CC1.CC1(CNC(=O)OC(C)(C)C)CCN(c2cnc3c(Oc4ccc5c(ccn5C(=O)OC(C)(C)C)c4)nn(C4CCCCO4)c3n2)CC1. The minimum atomic E-state index is -0.602. The Morgan fingerprint density at radius 3 is 1.67 bits per heavy atom. The zero-order valence-corrected chi connectivity index (χ0v) is 66.5. The number of benzene rings is 2. The molecular weight excluding hydrogens is 1490 g/mol. The number of nitrogens with zero attached hydrogens (tertiary/aromatic N) is 15. The van der Waals surface area contributed by atoms with Crippen LogP contribution in [0.3, 0.4) is 0 Å². The highest BCUT2D eigenvalue weighted by Gasteiger charge is 2.37. The number of hydrogen-bond acceptors (Lipinski definition) is 23. The number of piperidine rings is 3. The molecule has 0 saturated carbocycles. The Hall–Kier alpha value is -9.01. The minimum absolute atomic E-state index is 0.0258. The number of aromatic amines is 1. The summed E-state index contributed by atoms with van der Waals surface area (Å²) in [5.74, 6) is 4.74. The van der Waals surface area contributed by atoms with Gasteiger partial charge in [-0.15, -0.1) is 5.10 Å². The van der Waals surface area contributed by atoms with Gasteiger partial charge in [0.1, 0.15) is 57.0 Å². The van der Waals surface area contributed by atoms with Crippen molar-refractivity contribution in [2.75, 3.05) is 86.8 Å². The number of nitrogens with one attached hydrogen (secondary N) is 3. The molecular formula is C78H104IN19O10. The van der Waals surface area contributed by atoms with Crippen molar-refractivity contribution in [3.05, 3.63) is 94.6 Å². The van der Waals surface area contributed by atoms with E-state index in [9.17, 15) is 14.4 Å². The van der Waals surface area contributed by atoms with Crippen molar-refractivity contribution in [1.29, 1.82) is 0 Å². The number of H-pyrrole nitrogens is 1. The molecule has 2 unspecified atom stereocenters. The summed E-state index contributed by atoms with van der Waals surface area (Å²) in [4.78, 5) is 80.4. The van der Waals surface area contributed by atoms with Gasteiger partial charge in [0.2, 0.25) is 5.90 Å². The number of halogens is 1. The first-order chi connectivity index (χ1) is 51.4. The molecule has 0 aliphatic carbocycles. The van der Waals surface area contributed by atoms with E-state index < -0.39 is 29.0 Å². The van der Waals surface area contributed by atoms with Gasteiger partial charge in [-0.1, -0.05) is 20.8 Å². The van der Waals surface area contributed by atoms with Crippen molar-refractivity contribution in [3.8, 4) is 17.4 Å². The summed E-state index contributed by atoms with van der Waals surface area (Å²) in [5.41, 5.74) is 10.7. The van der Waals surface area contributed by atoms with Crippen LogP contribution in [-0.2, 0) is 30.2 Å². The molecule has 6 aliphatic heterocycles. The molecule has 5 fully saturated rings. The number of nitrogens with two attached hydrogens (primary N) is 1. The molecule has 29 nitrogen and oxygen atoms in total. The molecule has 5 saturated heterocycles. The van der Waals surface area contributed by atoms with Gasteiger partial charge in [0.15, 0.2) is 33.0 Å². The first-order valence-electron chi connectivity index (χ1n) is 37.9. The van der Waals surface area contributed by atoms with Gasteiger partial charge >= 0.3 is 18.3 Å². The molecule has 2 aromatic carbocycles. The lowest BCUT2D eigenvalue weighted by Crippen LogP contribution is -2.46. The van der Waals surface area contributed by atoms with Crippen LogP contribution in [0.1, 0.15) is 184 Å². The highest BCUT2D eigenvalue weighted by atomic mass is 127. The summed E-state index contributed by atoms with van der Waals surface area (Å²) < 4.78 is 46.8. The lowest BCUT2D eigenvalue weighted by atomic mass is 9.80. The fraction of sp³-hybridized carbons (Fsp3) is 0.564. The van der Waals surface area contributed by atoms with Gasteiger partial charge in [-0.2, -0.15) is 5.10 Å². The van der Waals surface area contributed by atoms with Crippen LogP contribution in [0.15, 0.2) is 84.5 Å². The Kier molecular flexibility index (Phi) is 22.8. The molecule has 9 aromatic rings. The monoisotopic (exact) mass is 1590 g/mol. The highest BCUT2D eigenvalue weighted by Crippen LogP contribution is 2.39. The van der Waals surface area contributed by atoms with E-state index in [0.717, 1.165) is 195 Å². The lowest BCUT2D eigenvalue weighted by molar-refractivity contribution is -0.0374. The van der Waals surface area contributed by atoms with Gasteiger partial charge < -0.3 is 69.2 Å². The van der Waals surface area contributed by atoms with Crippen LogP contribution in [0.25, 0.3) is 44.1 Å². The Bertz CT molecular complexity index is 4700. The maximum atomic E-state index is 12.7. The number of aliphatic imine (C=N–C) groups is 1. The van der Waals surface area contributed by atoms with Gasteiger partial charge in [0.05, 0.1) is 36.3 Å². The summed E-state index contributed by atoms with van der Waals surface area (Å²) in [7, 11) is 0. The van der Waals surface area contributed by atoms with E-state index in [2.05, 4.69) is 93.7 Å². The summed E-state index contributed by atoms with van der Waals surface area (Å²) in [5, 5.41) is 17.3. The average molecular weight is 1590 g/mol. The van der Waals surface area contributed by atoms with Crippen molar-refractivity contribution in [2.24, 2.45) is 27.0 Å². The van der Waals surface area contributed by atoms with Crippen molar-refractivity contribution >= 4 is 108 Å². The third-order valence-electron chi connectivity index (χ3n) is 20.7. The van der Waals surface area contributed by atoms with Crippen LogP contribution in [0, 0.1) is 19.9 Å². The van der Waals surface area contributed by atoms with Crippen LogP contribution in [-0.4, -0.2) is 172 Å². The number of carbonyl (C=O) groups is 3. The van der Waals surface area contributed by atoms with Gasteiger partial charge in [0.25, 0.3) is 5.88 Å². The van der Waals surface area contributed by atoms with Gasteiger partial charge in [-0.3, -0.25) is 4.57 Å². The Morgan fingerprint density at radius 1 is 0.602 bits per heavy atom. The van der Waals surface area contributed by atoms with Gasteiger partial charge in [0, 0.05) is 94.3 Å². The summed E-state index contributed by atoms with van der Waals surface area (Å²) in [6.45, 7) is 32.4. The number of hydrogen-bond donors (Lipinski definition) is 4. The number of fused-ring (bicyclic) bond motifs is 5. The molecule has 5 N–H and O–H groups in total. The van der Waals surface area contributed by atoms with E-state index >= 15 is 0 Å². The van der Waals surface area contributed by atoms with Crippen LogP contribution >= 0.6 is 22.6 Å². The van der Waals surface area contributed by atoms with E-state index in [-0.39, 0.29) is 34.8 Å². The Morgan fingerprint density at radius 2 is 1.11 bits per heavy atom. The molecule has 7 aromatic heterocycles. The van der Waals surface area contributed by atoms with Gasteiger partial charge in [-0.05, 0) is 233 Å². The molecule has 578 valence electrons. The van der Waals surface area contributed by atoms with Crippen LogP contribution in [0.2, 0.25) is 0 Å². The molecule has 0 spiro atoms. The van der Waals surface area contributed by atoms with E-state index in [0.29, 0.717) is 60.4 Å². The predicted molar refractivity (Wildman–Crippen MR) is 422 cm³/mol. The third kappa shape index (κ3) is 18.8. The van der Waals surface area contributed by atoms with E-state index in [4.69, 9.17) is 63.9 Å². The van der Waals surface area contributed by atoms with Crippen LogP contribution in [0.4, 0.5) is 31.8 Å². The molecule has 0 radical (unpaired) electrons. The second-order valence-corrected chi connectivity index (χ2v) is 34.2. The number of amides is 2. The second kappa shape index (κ2) is 31.9. The first kappa shape index (κ1) is 77.2. The fourth-order valence-corrected chi connectivity index (χ4v) is 14.7. The number of carbonyl (C=O) groups excluding carboxylic acids is 3. The van der Waals surface area contributed by atoms with E-state index in [1.165, 1.54) is 4.57 Å². The quantitative estimate of drug-likeness (QED) is 0.0615. The van der Waals surface area contributed by atoms with Crippen LogP contribution in [0.5, 0.6) is 17.4 Å². The summed E-state index contributed by atoms with van der Waals surface area (Å²) >= 11 is 2.22. The molecule has 108 heavy (non-hydrogen) atoms. The number of ether oxygens (including phenoxy) is 7. The highest BCUT2D eigenvalue weighted by molar-refractivity contribution is 14.1. The topological polar surface area (TPSA) is 322 Å². The number of rotatable bonds is 13. The van der Waals surface area contributed by atoms with Crippen LogP contribution < -0.4 is 40.5 Å². The fourth-order valence-electron chi connectivity index (χ4n) is 14.1. The van der Waals surface area contributed by atoms with E-state index in [1.807, 2.05) is 128 Å². The van der Waals surface area contributed by atoms with E-state index in [1.54, 1.807) is 23.1 Å². The number of alkyl carbamates (subject to hydrolysis) is 2. The average Bonchev–Trinajstić information content (AvgIpc) is 1.61. The second-order valence-electron chi connectivity index (χ2n) is 33.2. The predicted octanol–water partition coefficient (Wildman–Crippen LogP) is 14.3. The smallest absolute Gasteiger partial charge is 0.418 e. The minimum Gasteiger partial charge on any atom is -0.444 e. The maximum absolute atomic E-state index is 12.7. The zero-order chi connectivity index (χ0) is 76.3. The van der Waals surface area contributed by atoms with Crippen molar-refractivity contribution < 1.29 is 47.5 Å². The third-order valence-corrected chi connectivity index (χ3v) is 21.4. The maximum Gasteiger partial charge on any atom is 0.418 e. The van der Waals surface area contributed by atoms with Crippen molar-refractivity contribution in [3.63, 3.8) is 0 Å². The normalized spacial score (nSPS) is 19.4. The Labute approximate surface area is 643 Å². The molecule has 30 heteroatoms.